The SMILES string of the molecule is O=C(O)/C=C1\c2cc(F)ccc2-c2sccc21. The fourth-order valence-corrected chi connectivity index (χ4v) is 3.04. The molecule has 2 nitrogen and oxygen atoms in total. The zero-order valence-electron chi connectivity index (χ0n) is 8.61. The van der Waals surface area contributed by atoms with Crippen molar-refractivity contribution in [2.24, 2.45) is 0 Å². The highest BCUT2D eigenvalue weighted by Crippen LogP contribution is 2.47. The first kappa shape index (κ1) is 10.2. The van der Waals surface area contributed by atoms with Gasteiger partial charge in [0.1, 0.15) is 5.82 Å². The average Bonchev–Trinajstić information content (AvgIpc) is 2.82. The zero-order chi connectivity index (χ0) is 12.0. The number of carbonyl (C=O) groups is 1. The minimum absolute atomic E-state index is 0.352. The van der Waals surface area contributed by atoms with Gasteiger partial charge in [0.15, 0.2) is 0 Å². The Morgan fingerprint density at radius 1 is 1.24 bits per heavy atom. The number of thiophene rings is 1. The van der Waals surface area contributed by atoms with Crippen molar-refractivity contribution < 1.29 is 14.3 Å². The van der Waals surface area contributed by atoms with Crippen LogP contribution in [0.1, 0.15) is 11.1 Å². The summed E-state index contributed by atoms with van der Waals surface area (Å²) in [5, 5.41) is 10.8. The molecule has 1 heterocycles. The van der Waals surface area contributed by atoms with Gasteiger partial charge in [0, 0.05) is 22.1 Å². The molecule has 0 saturated carbocycles. The maximum atomic E-state index is 13.2. The lowest BCUT2D eigenvalue weighted by Gasteiger charge is -2.01. The minimum Gasteiger partial charge on any atom is -0.478 e. The van der Waals surface area contributed by atoms with E-state index in [0.29, 0.717) is 11.1 Å². The summed E-state index contributed by atoms with van der Waals surface area (Å²) in [6.45, 7) is 0. The van der Waals surface area contributed by atoms with Crippen LogP contribution in [-0.2, 0) is 4.79 Å². The van der Waals surface area contributed by atoms with Crippen LogP contribution < -0.4 is 0 Å². The first-order chi connectivity index (χ1) is 8.16. The second-order valence-electron chi connectivity index (χ2n) is 3.75. The van der Waals surface area contributed by atoms with E-state index in [9.17, 15) is 9.18 Å². The second kappa shape index (κ2) is 3.53. The van der Waals surface area contributed by atoms with Gasteiger partial charge in [0.25, 0.3) is 0 Å². The van der Waals surface area contributed by atoms with Crippen LogP contribution in [0.5, 0.6) is 0 Å². The van der Waals surface area contributed by atoms with Crippen molar-refractivity contribution in [3.63, 3.8) is 0 Å². The van der Waals surface area contributed by atoms with E-state index in [2.05, 4.69) is 0 Å². The van der Waals surface area contributed by atoms with Gasteiger partial charge < -0.3 is 5.11 Å². The van der Waals surface area contributed by atoms with Gasteiger partial charge in [-0.3, -0.25) is 0 Å². The molecule has 1 aromatic heterocycles. The monoisotopic (exact) mass is 246 g/mol. The van der Waals surface area contributed by atoms with Gasteiger partial charge >= 0.3 is 5.97 Å². The van der Waals surface area contributed by atoms with Crippen molar-refractivity contribution in [1.82, 2.24) is 0 Å². The van der Waals surface area contributed by atoms with E-state index in [0.717, 1.165) is 22.1 Å². The molecule has 17 heavy (non-hydrogen) atoms. The third-order valence-electron chi connectivity index (χ3n) is 2.74. The number of carboxylic acid groups (broad SMARTS) is 1. The van der Waals surface area contributed by atoms with Crippen LogP contribution in [0.15, 0.2) is 35.7 Å². The summed E-state index contributed by atoms with van der Waals surface area (Å²) in [7, 11) is 0. The topological polar surface area (TPSA) is 37.3 Å². The molecule has 0 amide bonds. The van der Waals surface area contributed by atoms with Gasteiger partial charge in [0.05, 0.1) is 0 Å². The lowest BCUT2D eigenvalue weighted by atomic mass is 10.0. The van der Waals surface area contributed by atoms with Crippen LogP contribution in [-0.4, -0.2) is 11.1 Å². The van der Waals surface area contributed by atoms with Gasteiger partial charge in [0.2, 0.25) is 0 Å². The maximum absolute atomic E-state index is 13.2. The summed E-state index contributed by atoms with van der Waals surface area (Å²) in [5.41, 5.74) is 3.03. The van der Waals surface area contributed by atoms with E-state index in [1.807, 2.05) is 11.4 Å². The van der Waals surface area contributed by atoms with Crippen LogP contribution >= 0.6 is 11.3 Å². The number of benzene rings is 1. The zero-order valence-corrected chi connectivity index (χ0v) is 9.42. The van der Waals surface area contributed by atoms with Gasteiger partial charge in [-0.25, -0.2) is 9.18 Å². The molecule has 1 N–H and O–H groups in total. The Hall–Kier alpha value is -1.94. The molecule has 1 aliphatic carbocycles. The molecular formula is C13H7FO2S. The number of halogens is 1. The van der Waals surface area contributed by atoms with Crippen molar-refractivity contribution in [1.29, 1.82) is 0 Å². The lowest BCUT2D eigenvalue weighted by molar-refractivity contribution is -0.131. The molecule has 0 atom stereocenters. The normalized spacial score (nSPS) is 14.8. The highest BCUT2D eigenvalue weighted by molar-refractivity contribution is 7.14. The Morgan fingerprint density at radius 3 is 2.82 bits per heavy atom. The van der Waals surface area contributed by atoms with E-state index in [-0.39, 0.29) is 5.82 Å². The molecule has 0 bridgehead atoms. The molecule has 2 aromatic rings. The molecule has 0 aliphatic heterocycles. The quantitative estimate of drug-likeness (QED) is 0.668. The molecule has 3 rings (SSSR count). The van der Waals surface area contributed by atoms with E-state index in [1.165, 1.54) is 23.5 Å². The summed E-state index contributed by atoms with van der Waals surface area (Å²) >= 11 is 1.54. The van der Waals surface area contributed by atoms with Gasteiger partial charge in [-0.1, -0.05) is 6.07 Å². The fourth-order valence-electron chi connectivity index (χ4n) is 2.09. The molecule has 84 valence electrons. The molecule has 1 aromatic carbocycles. The Balaban J connectivity index is 2.33. The predicted molar refractivity (Wildman–Crippen MR) is 64.4 cm³/mol. The molecule has 0 fully saturated rings. The number of hydrogen-bond acceptors (Lipinski definition) is 2. The first-order valence-corrected chi connectivity index (χ1v) is 5.87. The van der Waals surface area contributed by atoms with Gasteiger partial charge in [-0.2, -0.15) is 0 Å². The van der Waals surface area contributed by atoms with Crippen LogP contribution in [0.4, 0.5) is 4.39 Å². The summed E-state index contributed by atoms with van der Waals surface area (Å²) in [4.78, 5) is 11.8. The fraction of sp³-hybridized carbons (Fsp3) is 0. The van der Waals surface area contributed by atoms with Crippen molar-refractivity contribution in [2.45, 2.75) is 0 Å². The summed E-state index contributed by atoms with van der Waals surface area (Å²) in [6, 6.07) is 6.35. The summed E-state index contributed by atoms with van der Waals surface area (Å²) in [6.07, 6.45) is 1.14. The van der Waals surface area contributed by atoms with E-state index in [4.69, 9.17) is 5.11 Å². The van der Waals surface area contributed by atoms with E-state index in [1.54, 1.807) is 6.07 Å². The van der Waals surface area contributed by atoms with Crippen LogP contribution in [0.3, 0.4) is 0 Å². The molecule has 1 aliphatic rings. The van der Waals surface area contributed by atoms with Crippen LogP contribution in [0, 0.1) is 5.82 Å². The van der Waals surface area contributed by atoms with Crippen molar-refractivity contribution >= 4 is 22.9 Å². The van der Waals surface area contributed by atoms with Gasteiger partial charge in [-0.15, -0.1) is 11.3 Å². The largest absolute Gasteiger partial charge is 0.478 e. The standard InChI is InChI=1S/C13H7FO2S/c14-7-1-2-8-10(5-7)11(6-12(15)16)9-3-4-17-13(8)9/h1-6H,(H,15,16)/b11-6-. The van der Waals surface area contributed by atoms with Crippen LogP contribution in [0.25, 0.3) is 16.0 Å². The van der Waals surface area contributed by atoms with Crippen LogP contribution in [0.2, 0.25) is 0 Å². The molecule has 4 heteroatoms. The molecule has 0 radical (unpaired) electrons. The number of carboxylic acids is 1. The molecule has 0 saturated heterocycles. The Kier molecular flexibility index (Phi) is 2.12. The Morgan fingerprint density at radius 2 is 2.06 bits per heavy atom. The molecular weight excluding hydrogens is 239 g/mol. The van der Waals surface area contributed by atoms with Crippen molar-refractivity contribution in [3.8, 4) is 10.4 Å². The molecule has 0 spiro atoms. The Labute approximate surface area is 101 Å². The van der Waals surface area contributed by atoms with Crippen molar-refractivity contribution in [2.75, 3.05) is 0 Å². The average molecular weight is 246 g/mol. The summed E-state index contributed by atoms with van der Waals surface area (Å²) < 4.78 is 13.2. The highest BCUT2D eigenvalue weighted by Gasteiger charge is 2.25. The number of aliphatic carboxylic acids is 1. The highest BCUT2D eigenvalue weighted by atomic mass is 32.1. The second-order valence-corrected chi connectivity index (χ2v) is 4.67. The smallest absolute Gasteiger partial charge is 0.328 e. The van der Waals surface area contributed by atoms with Crippen molar-refractivity contribution in [3.05, 3.63) is 52.7 Å². The number of fused-ring (bicyclic) bond motifs is 3. The number of rotatable bonds is 1. The first-order valence-electron chi connectivity index (χ1n) is 4.99. The number of hydrogen-bond donors (Lipinski definition) is 1. The van der Waals surface area contributed by atoms with E-state index >= 15 is 0 Å². The molecule has 0 unspecified atom stereocenters. The third kappa shape index (κ3) is 1.49. The predicted octanol–water partition coefficient (Wildman–Crippen LogP) is 3.38. The van der Waals surface area contributed by atoms with E-state index < -0.39 is 5.97 Å². The summed E-state index contributed by atoms with van der Waals surface area (Å²) in [5.74, 6) is -1.37. The van der Waals surface area contributed by atoms with Gasteiger partial charge in [-0.05, 0) is 34.7 Å². The minimum atomic E-state index is -1.02. The Bertz CT molecular complexity index is 655. The third-order valence-corrected chi connectivity index (χ3v) is 3.69. The lowest BCUT2D eigenvalue weighted by Crippen LogP contribution is -1.91. The maximum Gasteiger partial charge on any atom is 0.328 e.